The number of aromatic amines is 1. The lowest BCUT2D eigenvalue weighted by Gasteiger charge is -2.24. The number of ether oxygens (including phenoxy) is 4. The van der Waals surface area contributed by atoms with E-state index in [0.29, 0.717) is 12.2 Å². The molecule has 1 aliphatic heterocycles. The molecule has 34 heavy (non-hydrogen) atoms. The van der Waals surface area contributed by atoms with E-state index in [0.717, 1.165) is 0 Å². The van der Waals surface area contributed by atoms with E-state index in [-0.39, 0.29) is 23.8 Å². The summed E-state index contributed by atoms with van der Waals surface area (Å²) in [5, 5.41) is 10.8. The summed E-state index contributed by atoms with van der Waals surface area (Å²) >= 11 is 0. The van der Waals surface area contributed by atoms with Gasteiger partial charge in [0.15, 0.2) is 6.23 Å². The molecule has 2 aromatic rings. The summed E-state index contributed by atoms with van der Waals surface area (Å²) in [6.07, 6.45) is -1.44. The van der Waals surface area contributed by atoms with Crippen molar-refractivity contribution in [3.8, 4) is 0 Å². The number of aryl methyl sites for hydroxylation is 1. The Hall–Kier alpha value is -3.35. The molecule has 1 fully saturated rings. The van der Waals surface area contributed by atoms with E-state index in [9.17, 15) is 24.5 Å². The molecule has 1 aromatic carbocycles. The van der Waals surface area contributed by atoms with Crippen molar-refractivity contribution in [3.63, 3.8) is 0 Å². The predicted molar refractivity (Wildman–Crippen MR) is 119 cm³/mol. The van der Waals surface area contributed by atoms with Gasteiger partial charge in [-0.25, -0.2) is 9.59 Å². The molecule has 12 nitrogen and oxygen atoms in total. The SMILES string of the molecule is COCCO[C@@H]1[C@H](C)[C@@H]([C@H](C)OC(=O)c2ccc([N+](=O)[O-])cc2)O[C@H]1n1cc(C)c(=O)[nH]c1=O. The van der Waals surface area contributed by atoms with Crippen LogP contribution in [-0.2, 0) is 18.9 Å². The Balaban J connectivity index is 1.81. The number of hydrogen-bond donors (Lipinski definition) is 1. The maximum absolute atomic E-state index is 12.6. The van der Waals surface area contributed by atoms with Crippen molar-refractivity contribution < 1.29 is 28.7 Å². The number of nitro benzene ring substituents is 1. The summed E-state index contributed by atoms with van der Waals surface area (Å²) in [5.41, 5.74) is -0.805. The van der Waals surface area contributed by atoms with Gasteiger partial charge in [-0.2, -0.15) is 0 Å². The molecule has 184 valence electrons. The van der Waals surface area contributed by atoms with Crippen molar-refractivity contribution in [2.45, 2.75) is 45.3 Å². The second-order valence-electron chi connectivity index (χ2n) is 8.07. The summed E-state index contributed by atoms with van der Waals surface area (Å²) < 4.78 is 23.9. The highest BCUT2D eigenvalue weighted by Crippen LogP contribution is 2.37. The highest BCUT2D eigenvalue weighted by atomic mass is 16.6. The number of carbonyl (C=O) groups is 1. The highest BCUT2D eigenvalue weighted by molar-refractivity contribution is 5.89. The number of nitro groups is 1. The number of aromatic nitrogens is 2. The van der Waals surface area contributed by atoms with Gasteiger partial charge in [0, 0.05) is 36.9 Å². The van der Waals surface area contributed by atoms with E-state index in [2.05, 4.69) is 4.98 Å². The smallest absolute Gasteiger partial charge is 0.338 e. The topological polar surface area (TPSA) is 152 Å². The molecule has 0 saturated carbocycles. The number of non-ortho nitro benzene ring substituents is 1. The fourth-order valence-electron chi connectivity index (χ4n) is 3.87. The van der Waals surface area contributed by atoms with Crippen LogP contribution in [0, 0.1) is 23.0 Å². The molecule has 1 aliphatic rings. The van der Waals surface area contributed by atoms with Crippen LogP contribution in [0.5, 0.6) is 0 Å². The highest BCUT2D eigenvalue weighted by Gasteiger charge is 2.47. The number of nitrogens with one attached hydrogen (secondary N) is 1. The second-order valence-corrected chi connectivity index (χ2v) is 8.07. The molecule has 0 amide bonds. The van der Waals surface area contributed by atoms with Gasteiger partial charge in [-0.15, -0.1) is 0 Å². The molecule has 12 heteroatoms. The Bertz CT molecular complexity index is 1140. The van der Waals surface area contributed by atoms with Crippen molar-refractivity contribution in [2.75, 3.05) is 20.3 Å². The zero-order chi connectivity index (χ0) is 25.0. The standard InChI is InChI=1S/C22H27N3O9/c1-12-11-24(22(28)23-19(12)26)20-18(32-10-9-31-4)13(2)17(34-20)14(3)33-21(27)15-5-7-16(8-6-15)25(29)30/h5-8,11,13-14,17-18,20H,9-10H2,1-4H3,(H,23,26,28)/t13-,14+,17+,18-,20-/m1/s1. The third-order valence-electron chi connectivity index (χ3n) is 5.70. The van der Waals surface area contributed by atoms with Gasteiger partial charge in [-0.3, -0.25) is 24.5 Å². The van der Waals surface area contributed by atoms with Crippen LogP contribution in [0.4, 0.5) is 5.69 Å². The Kier molecular flexibility index (Phi) is 7.97. The largest absolute Gasteiger partial charge is 0.456 e. The molecule has 3 rings (SSSR count). The Morgan fingerprint density at radius 1 is 1.26 bits per heavy atom. The molecule has 0 aliphatic carbocycles. The van der Waals surface area contributed by atoms with Gasteiger partial charge < -0.3 is 18.9 Å². The van der Waals surface area contributed by atoms with Crippen molar-refractivity contribution >= 4 is 11.7 Å². The summed E-state index contributed by atoms with van der Waals surface area (Å²) in [6.45, 7) is 5.64. The number of carbonyl (C=O) groups excluding carboxylic acids is 1. The summed E-state index contributed by atoms with van der Waals surface area (Å²) in [7, 11) is 1.54. The van der Waals surface area contributed by atoms with Gasteiger partial charge in [0.05, 0.1) is 23.7 Å². The predicted octanol–water partition coefficient (Wildman–Crippen LogP) is 1.56. The molecule has 1 saturated heterocycles. The minimum absolute atomic E-state index is 0.141. The number of methoxy groups -OCH3 is 1. The molecule has 0 radical (unpaired) electrons. The Labute approximate surface area is 194 Å². The zero-order valence-corrected chi connectivity index (χ0v) is 19.3. The van der Waals surface area contributed by atoms with Crippen LogP contribution < -0.4 is 11.2 Å². The van der Waals surface area contributed by atoms with E-state index >= 15 is 0 Å². The van der Waals surface area contributed by atoms with Crippen LogP contribution in [0.15, 0.2) is 40.1 Å². The van der Waals surface area contributed by atoms with E-state index in [1.807, 2.05) is 6.92 Å². The van der Waals surface area contributed by atoms with Gasteiger partial charge in [0.1, 0.15) is 18.3 Å². The number of rotatable bonds is 9. The van der Waals surface area contributed by atoms with Gasteiger partial charge in [0.2, 0.25) is 0 Å². The molecule has 0 spiro atoms. The maximum Gasteiger partial charge on any atom is 0.338 e. The first kappa shape index (κ1) is 25.3. The molecule has 2 heterocycles. The number of hydrogen-bond acceptors (Lipinski definition) is 9. The first-order valence-corrected chi connectivity index (χ1v) is 10.7. The minimum atomic E-state index is -0.875. The van der Waals surface area contributed by atoms with Crippen LogP contribution in [0.2, 0.25) is 0 Å². The lowest BCUT2D eigenvalue weighted by Crippen LogP contribution is -2.38. The van der Waals surface area contributed by atoms with Crippen molar-refractivity contribution in [1.29, 1.82) is 0 Å². The van der Waals surface area contributed by atoms with Crippen molar-refractivity contribution in [2.24, 2.45) is 5.92 Å². The third kappa shape index (κ3) is 5.41. The number of esters is 1. The molecular formula is C22H27N3O9. The van der Waals surface area contributed by atoms with Gasteiger partial charge in [-0.1, -0.05) is 6.92 Å². The molecule has 1 aromatic heterocycles. The van der Waals surface area contributed by atoms with Gasteiger partial charge >= 0.3 is 11.7 Å². The molecule has 1 N–H and O–H groups in total. The molecular weight excluding hydrogens is 450 g/mol. The average molecular weight is 477 g/mol. The first-order chi connectivity index (χ1) is 16.1. The van der Waals surface area contributed by atoms with E-state index < -0.39 is 46.7 Å². The average Bonchev–Trinajstić information content (AvgIpc) is 3.12. The van der Waals surface area contributed by atoms with E-state index in [4.69, 9.17) is 18.9 Å². The summed E-state index contributed by atoms with van der Waals surface area (Å²) in [6, 6.07) is 5.07. The maximum atomic E-state index is 12.6. The van der Waals surface area contributed by atoms with Gasteiger partial charge in [-0.05, 0) is 26.0 Å². The molecule has 5 atom stereocenters. The lowest BCUT2D eigenvalue weighted by atomic mass is 9.96. The summed E-state index contributed by atoms with van der Waals surface area (Å²) in [5.74, 6) is -0.976. The molecule has 0 bridgehead atoms. The van der Waals surface area contributed by atoms with Crippen LogP contribution in [0.3, 0.4) is 0 Å². The van der Waals surface area contributed by atoms with Crippen LogP contribution >= 0.6 is 0 Å². The minimum Gasteiger partial charge on any atom is -0.456 e. The molecule has 0 unspecified atom stereocenters. The monoisotopic (exact) mass is 477 g/mol. The van der Waals surface area contributed by atoms with E-state index in [1.54, 1.807) is 13.8 Å². The summed E-state index contributed by atoms with van der Waals surface area (Å²) in [4.78, 5) is 49.4. The Morgan fingerprint density at radius 2 is 1.94 bits per heavy atom. The fraction of sp³-hybridized carbons (Fsp3) is 0.500. The normalized spacial score (nSPS) is 22.9. The fourth-order valence-corrected chi connectivity index (χ4v) is 3.87. The third-order valence-corrected chi connectivity index (χ3v) is 5.70. The van der Waals surface area contributed by atoms with Crippen LogP contribution in [0.1, 0.15) is 36.0 Å². The lowest BCUT2D eigenvalue weighted by molar-refractivity contribution is -0.384. The van der Waals surface area contributed by atoms with Crippen molar-refractivity contribution in [1.82, 2.24) is 9.55 Å². The Morgan fingerprint density at radius 3 is 2.56 bits per heavy atom. The quantitative estimate of drug-likeness (QED) is 0.245. The number of benzene rings is 1. The van der Waals surface area contributed by atoms with Crippen LogP contribution in [-0.4, -0.2) is 59.1 Å². The number of nitrogens with zero attached hydrogens (tertiary/aromatic N) is 2. The number of H-pyrrole nitrogens is 1. The van der Waals surface area contributed by atoms with Gasteiger partial charge in [0.25, 0.3) is 11.2 Å². The van der Waals surface area contributed by atoms with Crippen LogP contribution in [0.25, 0.3) is 0 Å². The first-order valence-electron chi connectivity index (χ1n) is 10.7. The second kappa shape index (κ2) is 10.7. The zero-order valence-electron chi connectivity index (χ0n) is 19.3. The van der Waals surface area contributed by atoms with E-state index in [1.165, 1.54) is 42.1 Å². The van der Waals surface area contributed by atoms with Crippen molar-refractivity contribution in [3.05, 3.63) is 72.5 Å².